The predicted molar refractivity (Wildman–Crippen MR) is 65.8 cm³/mol. The van der Waals surface area contributed by atoms with Crippen LogP contribution in [0, 0.1) is 11.7 Å². The molecule has 0 aliphatic carbocycles. The van der Waals surface area contributed by atoms with Crippen LogP contribution in [0.3, 0.4) is 0 Å². The molecule has 0 aliphatic heterocycles. The topological polar surface area (TPSA) is 26.3 Å². The molecule has 6 heteroatoms. The van der Waals surface area contributed by atoms with Gasteiger partial charge in [0.2, 0.25) is 0 Å². The van der Waals surface area contributed by atoms with Crippen molar-refractivity contribution in [1.82, 2.24) is 0 Å². The molecule has 0 amide bonds. The maximum absolute atomic E-state index is 13.1. The summed E-state index contributed by atoms with van der Waals surface area (Å²) in [6, 6.07) is 1.67. The average Bonchev–Trinajstić information content (AvgIpc) is 2.32. The molecule has 1 rings (SSSR count). The van der Waals surface area contributed by atoms with E-state index in [-0.39, 0.29) is 6.61 Å². The minimum absolute atomic E-state index is 0.106. The van der Waals surface area contributed by atoms with E-state index in [0.717, 1.165) is 12.5 Å². The zero-order chi connectivity index (χ0) is 15.3. The number of benzene rings is 1. The molecule has 0 heterocycles. The summed E-state index contributed by atoms with van der Waals surface area (Å²) in [5.41, 5.74) is -1.63. The summed E-state index contributed by atoms with van der Waals surface area (Å²) in [6.45, 7) is 4.11. The van der Waals surface area contributed by atoms with Gasteiger partial charge in [-0.2, -0.15) is 13.2 Å². The monoisotopic (exact) mass is 292 g/mol. The molecule has 112 valence electrons. The number of carbonyl (C=O) groups excluding carboxylic acids is 1. The average molecular weight is 292 g/mol. The summed E-state index contributed by atoms with van der Waals surface area (Å²) in [5.74, 6) is -1.62. The Morgan fingerprint density at radius 1 is 1.25 bits per heavy atom. The Bertz CT molecular complexity index is 467. The number of carbonyl (C=O) groups is 1. The van der Waals surface area contributed by atoms with Crippen molar-refractivity contribution in [1.29, 1.82) is 0 Å². The second kappa shape index (κ2) is 6.72. The lowest BCUT2D eigenvalue weighted by molar-refractivity contribution is -0.137. The van der Waals surface area contributed by atoms with Crippen LogP contribution in [0.15, 0.2) is 18.2 Å². The van der Waals surface area contributed by atoms with Gasteiger partial charge in [-0.05, 0) is 37.0 Å². The molecular weight excluding hydrogens is 276 g/mol. The Morgan fingerprint density at radius 3 is 2.45 bits per heavy atom. The fourth-order valence-electron chi connectivity index (χ4n) is 1.61. The van der Waals surface area contributed by atoms with Gasteiger partial charge in [-0.15, -0.1) is 0 Å². The third-order valence-electron chi connectivity index (χ3n) is 2.62. The van der Waals surface area contributed by atoms with Crippen molar-refractivity contribution in [2.24, 2.45) is 5.92 Å². The van der Waals surface area contributed by atoms with Gasteiger partial charge in [0, 0.05) is 0 Å². The normalized spacial score (nSPS) is 11.8. The highest BCUT2D eigenvalue weighted by Crippen LogP contribution is 2.30. The molecule has 2 nitrogen and oxygen atoms in total. The molecule has 0 aromatic heterocycles. The van der Waals surface area contributed by atoms with Gasteiger partial charge in [0.1, 0.15) is 5.82 Å². The van der Waals surface area contributed by atoms with Crippen molar-refractivity contribution in [3.05, 3.63) is 35.1 Å². The van der Waals surface area contributed by atoms with Gasteiger partial charge in [0.25, 0.3) is 0 Å². The summed E-state index contributed by atoms with van der Waals surface area (Å²) < 4.78 is 55.4. The van der Waals surface area contributed by atoms with Crippen LogP contribution in [0.5, 0.6) is 0 Å². The maximum Gasteiger partial charge on any atom is 0.416 e. The van der Waals surface area contributed by atoms with Gasteiger partial charge in [-0.3, -0.25) is 0 Å². The Morgan fingerprint density at radius 2 is 1.90 bits per heavy atom. The van der Waals surface area contributed by atoms with E-state index in [2.05, 4.69) is 0 Å². The van der Waals surface area contributed by atoms with Crippen LogP contribution in [-0.4, -0.2) is 12.6 Å². The minimum Gasteiger partial charge on any atom is -0.462 e. The third-order valence-corrected chi connectivity index (χ3v) is 2.62. The van der Waals surface area contributed by atoms with Crippen LogP contribution in [-0.2, 0) is 10.9 Å². The van der Waals surface area contributed by atoms with Crippen molar-refractivity contribution in [3.8, 4) is 0 Å². The molecule has 0 atom stereocenters. The minimum atomic E-state index is -4.70. The lowest BCUT2D eigenvalue weighted by Crippen LogP contribution is -2.11. The van der Waals surface area contributed by atoms with Crippen molar-refractivity contribution in [2.75, 3.05) is 6.61 Å². The smallest absolute Gasteiger partial charge is 0.416 e. The Hall–Kier alpha value is -1.59. The first-order valence-corrected chi connectivity index (χ1v) is 6.25. The quantitative estimate of drug-likeness (QED) is 0.455. The second-order valence-electron chi connectivity index (χ2n) is 4.90. The van der Waals surface area contributed by atoms with Gasteiger partial charge < -0.3 is 4.74 Å². The lowest BCUT2D eigenvalue weighted by Gasteiger charge is -2.10. The molecule has 0 aliphatic rings. The summed E-state index contributed by atoms with van der Waals surface area (Å²) in [4.78, 5) is 11.6. The van der Waals surface area contributed by atoms with E-state index in [4.69, 9.17) is 4.74 Å². The number of esters is 1. The predicted octanol–water partition coefficient (Wildman–Crippen LogP) is 4.44. The fourth-order valence-corrected chi connectivity index (χ4v) is 1.61. The number of ether oxygens (including phenoxy) is 1. The van der Waals surface area contributed by atoms with E-state index in [9.17, 15) is 22.4 Å². The van der Waals surface area contributed by atoms with Crippen LogP contribution in [0.1, 0.15) is 42.6 Å². The van der Waals surface area contributed by atoms with E-state index in [1.165, 1.54) is 0 Å². The van der Waals surface area contributed by atoms with E-state index in [1.54, 1.807) is 0 Å². The Kier molecular flexibility index (Phi) is 5.53. The number of rotatable bonds is 5. The fraction of sp³-hybridized carbons (Fsp3) is 0.500. The zero-order valence-electron chi connectivity index (χ0n) is 11.3. The maximum atomic E-state index is 13.1. The SMILES string of the molecule is CC(C)CCCOC(=O)c1cc(F)cc(C(F)(F)F)c1. The molecule has 0 saturated heterocycles. The first-order valence-electron chi connectivity index (χ1n) is 6.25. The lowest BCUT2D eigenvalue weighted by atomic mass is 10.1. The molecule has 0 saturated carbocycles. The molecule has 1 aromatic carbocycles. The van der Waals surface area contributed by atoms with Crippen LogP contribution in [0.4, 0.5) is 17.6 Å². The summed E-state index contributed by atoms with van der Waals surface area (Å²) in [5, 5.41) is 0. The Balaban J connectivity index is 2.71. The van der Waals surface area contributed by atoms with Gasteiger partial charge in [-0.25, -0.2) is 9.18 Å². The molecule has 0 unspecified atom stereocenters. The highest BCUT2D eigenvalue weighted by molar-refractivity contribution is 5.89. The van der Waals surface area contributed by atoms with Crippen LogP contribution >= 0.6 is 0 Å². The van der Waals surface area contributed by atoms with E-state index in [1.807, 2.05) is 13.8 Å². The van der Waals surface area contributed by atoms with Crippen molar-refractivity contribution >= 4 is 5.97 Å². The molecule has 0 spiro atoms. The van der Waals surface area contributed by atoms with Crippen molar-refractivity contribution in [3.63, 3.8) is 0 Å². The van der Waals surface area contributed by atoms with Gasteiger partial charge in [0.05, 0.1) is 17.7 Å². The number of alkyl halides is 3. The molecule has 0 radical (unpaired) electrons. The molecular formula is C14H16F4O2. The van der Waals surface area contributed by atoms with Crippen LogP contribution < -0.4 is 0 Å². The molecule has 20 heavy (non-hydrogen) atoms. The van der Waals surface area contributed by atoms with E-state index < -0.39 is 29.1 Å². The van der Waals surface area contributed by atoms with Crippen molar-refractivity contribution < 1.29 is 27.1 Å². The molecule has 0 N–H and O–H groups in total. The number of hydrogen-bond donors (Lipinski definition) is 0. The highest BCUT2D eigenvalue weighted by Gasteiger charge is 2.32. The summed E-state index contributed by atoms with van der Waals surface area (Å²) in [6.07, 6.45) is -3.25. The first-order chi connectivity index (χ1) is 9.20. The van der Waals surface area contributed by atoms with Crippen LogP contribution in [0.2, 0.25) is 0 Å². The zero-order valence-corrected chi connectivity index (χ0v) is 11.3. The molecule has 1 aromatic rings. The number of hydrogen-bond acceptors (Lipinski definition) is 2. The molecule has 0 fully saturated rings. The van der Waals surface area contributed by atoms with E-state index in [0.29, 0.717) is 24.5 Å². The standard InChI is InChI=1S/C14H16F4O2/c1-9(2)4-3-5-20-13(19)10-6-11(14(16,17)18)8-12(15)7-10/h6-9H,3-5H2,1-2H3. The molecule has 0 bridgehead atoms. The van der Waals surface area contributed by atoms with Gasteiger partial charge in [-0.1, -0.05) is 13.8 Å². The van der Waals surface area contributed by atoms with E-state index >= 15 is 0 Å². The Labute approximate surface area is 114 Å². The largest absolute Gasteiger partial charge is 0.462 e. The highest BCUT2D eigenvalue weighted by atomic mass is 19.4. The van der Waals surface area contributed by atoms with Crippen molar-refractivity contribution in [2.45, 2.75) is 32.9 Å². The second-order valence-corrected chi connectivity index (χ2v) is 4.90. The van der Waals surface area contributed by atoms with Gasteiger partial charge >= 0.3 is 12.1 Å². The van der Waals surface area contributed by atoms with Gasteiger partial charge in [0.15, 0.2) is 0 Å². The number of halogens is 4. The summed E-state index contributed by atoms with van der Waals surface area (Å²) >= 11 is 0. The summed E-state index contributed by atoms with van der Waals surface area (Å²) in [7, 11) is 0. The first kappa shape index (κ1) is 16.5. The third kappa shape index (κ3) is 5.19. The van der Waals surface area contributed by atoms with Crippen LogP contribution in [0.25, 0.3) is 0 Å².